The van der Waals surface area contributed by atoms with Crippen LogP contribution in [0.4, 0.5) is 0 Å². The van der Waals surface area contributed by atoms with Crippen molar-refractivity contribution in [3.8, 4) is 0 Å². The van der Waals surface area contributed by atoms with Crippen LogP contribution in [0.3, 0.4) is 0 Å². The smallest absolute Gasteiger partial charge is 0.249 e. The maximum Gasteiger partial charge on any atom is 0.249 e. The minimum atomic E-state index is 0.197. The fraction of sp³-hybridized carbons (Fsp3) is 0.750. The van der Waals surface area contributed by atoms with Gasteiger partial charge in [0.05, 0.1) is 0 Å². The summed E-state index contributed by atoms with van der Waals surface area (Å²) in [5.74, 6) is 0.197. The molecule has 0 aliphatic carbocycles. The summed E-state index contributed by atoms with van der Waals surface area (Å²) in [5, 5.41) is 3.16. The highest BCUT2D eigenvalue weighted by Gasteiger charge is 2.18. The van der Waals surface area contributed by atoms with Crippen molar-refractivity contribution in [1.82, 2.24) is 10.2 Å². The van der Waals surface area contributed by atoms with E-state index in [4.69, 9.17) is 0 Å². The van der Waals surface area contributed by atoms with E-state index in [-0.39, 0.29) is 5.91 Å². The number of hydrogen-bond acceptors (Lipinski definition) is 2. The Balaban J connectivity index is 2.38. The fourth-order valence-corrected chi connectivity index (χ4v) is 1.65. The van der Waals surface area contributed by atoms with Crippen molar-refractivity contribution in [3.63, 3.8) is 0 Å². The SMILES string of the molecule is CCCCCN(C)C(=O)C(C)=C1CNC1. The summed E-state index contributed by atoms with van der Waals surface area (Å²) in [5.41, 5.74) is 2.20. The zero-order chi connectivity index (χ0) is 11.3. The number of likely N-dealkylation sites (N-methyl/N-ethyl adjacent to an activating group) is 1. The lowest BCUT2D eigenvalue weighted by Gasteiger charge is -2.24. The summed E-state index contributed by atoms with van der Waals surface area (Å²) in [6.45, 7) is 6.77. The highest BCUT2D eigenvalue weighted by atomic mass is 16.2. The summed E-state index contributed by atoms with van der Waals surface area (Å²) in [6, 6.07) is 0. The van der Waals surface area contributed by atoms with Gasteiger partial charge in [-0.2, -0.15) is 0 Å². The molecule has 1 rings (SSSR count). The average molecular weight is 210 g/mol. The van der Waals surface area contributed by atoms with Gasteiger partial charge in [0.15, 0.2) is 0 Å². The molecule has 1 fully saturated rings. The third kappa shape index (κ3) is 3.34. The summed E-state index contributed by atoms with van der Waals surface area (Å²) < 4.78 is 0. The zero-order valence-electron chi connectivity index (χ0n) is 10.1. The Hall–Kier alpha value is -0.830. The first-order valence-corrected chi connectivity index (χ1v) is 5.81. The molecule has 0 aromatic rings. The minimum Gasteiger partial charge on any atom is -0.342 e. The minimum absolute atomic E-state index is 0.197. The maximum atomic E-state index is 11.9. The molecule has 1 heterocycles. The van der Waals surface area contributed by atoms with Gasteiger partial charge in [-0.3, -0.25) is 4.79 Å². The lowest BCUT2D eigenvalue weighted by molar-refractivity contribution is -0.126. The van der Waals surface area contributed by atoms with E-state index in [1.807, 2.05) is 18.9 Å². The molecular formula is C12H22N2O. The van der Waals surface area contributed by atoms with Gasteiger partial charge in [-0.1, -0.05) is 19.8 Å². The Morgan fingerprint density at radius 1 is 1.40 bits per heavy atom. The number of carbonyl (C=O) groups is 1. The number of nitrogens with one attached hydrogen (secondary N) is 1. The molecule has 1 aliphatic rings. The van der Waals surface area contributed by atoms with Gasteiger partial charge in [0.2, 0.25) is 5.91 Å². The Bertz CT molecular complexity index is 252. The van der Waals surface area contributed by atoms with Crippen molar-refractivity contribution in [2.75, 3.05) is 26.7 Å². The van der Waals surface area contributed by atoms with E-state index in [0.29, 0.717) is 0 Å². The Kier molecular flexibility index (Phi) is 4.82. The standard InChI is InChI=1S/C12H22N2O/c1-4-5-6-7-14(3)12(15)10(2)11-8-13-9-11/h13H,4-9H2,1-3H3. The molecule has 0 unspecified atom stereocenters. The van der Waals surface area contributed by atoms with Crippen molar-refractivity contribution >= 4 is 5.91 Å². The number of hydrogen-bond donors (Lipinski definition) is 1. The number of rotatable bonds is 5. The van der Waals surface area contributed by atoms with Crippen molar-refractivity contribution in [2.45, 2.75) is 33.1 Å². The first kappa shape index (κ1) is 12.2. The molecule has 0 aromatic heterocycles. The molecule has 0 atom stereocenters. The van der Waals surface area contributed by atoms with Crippen LogP contribution in [0.25, 0.3) is 0 Å². The third-order valence-electron chi connectivity index (χ3n) is 2.97. The van der Waals surface area contributed by atoms with Gasteiger partial charge < -0.3 is 10.2 Å². The molecule has 15 heavy (non-hydrogen) atoms. The number of unbranched alkanes of at least 4 members (excludes halogenated alkanes) is 2. The molecule has 0 radical (unpaired) electrons. The van der Waals surface area contributed by atoms with E-state index < -0.39 is 0 Å². The third-order valence-corrected chi connectivity index (χ3v) is 2.97. The van der Waals surface area contributed by atoms with Crippen LogP contribution in [-0.4, -0.2) is 37.5 Å². The van der Waals surface area contributed by atoms with Gasteiger partial charge >= 0.3 is 0 Å². The largest absolute Gasteiger partial charge is 0.342 e. The normalized spacial score (nSPS) is 14.7. The van der Waals surface area contributed by atoms with E-state index in [9.17, 15) is 4.79 Å². The molecule has 3 nitrogen and oxygen atoms in total. The van der Waals surface area contributed by atoms with Gasteiger partial charge in [-0.05, 0) is 18.9 Å². The van der Waals surface area contributed by atoms with Crippen molar-refractivity contribution in [3.05, 3.63) is 11.1 Å². The van der Waals surface area contributed by atoms with Crippen molar-refractivity contribution < 1.29 is 4.79 Å². The molecule has 1 saturated heterocycles. The first-order valence-electron chi connectivity index (χ1n) is 5.81. The lowest BCUT2D eigenvalue weighted by atomic mass is 10.0. The molecule has 1 amide bonds. The quantitative estimate of drug-likeness (QED) is 0.551. The molecular weight excluding hydrogens is 188 g/mol. The predicted octanol–water partition coefficient (Wildman–Crippen LogP) is 1.55. The van der Waals surface area contributed by atoms with Crippen LogP contribution >= 0.6 is 0 Å². The lowest BCUT2D eigenvalue weighted by Crippen LogP contribution is -2.38. The molecule has 1 N–H and O–H groups in total. The van der Waals surface area contributed by atoms with E-state index in [1.54, 1.807) is 0 Å². The van der Waals surface area contributed by atoms with E-state index >= 15 is 0 Å². The zero-order valence-corrected chi connectivity index (χ0v) is 10.1. The average Bonchev–Trinajstić information content (AvgIpc) is 2.14. The topological polar surface area (TPSA) is 32.3 Å². The summed E-state index contributed by atoms with van der Waals surface area (Å²) in [4.78, 5) is 13.8. The number of carbonyl (C=O) groups excluding carboxylic acids is 1. The van der Waals surface area contributed by atoms with E-state index in [1.165, 1.54) is 18.4 Å². The maximum absolute atomic E-state index is 11.9. The summed E-state index contributed by atoms with van der Waals surface area (Å²) in [7, 11) is 1.90. The number of nitrogens with zero attached hydrogens (tertiary/aromatic N) is 1. The molecule has 0 saturated carbocycles. The summed E-state index contributed by atoms with van der Waals surface area (Å²) in [6.07, 6.45) is 3.51. The van der Waals surface area contributed by atoms with Crippen LogP contribution in [0.2, 0.25) is 0 Å². The molecule has 86 valence electrons. The molecule has 0 bridgehead atoms. The van der Waals surface area contributed by atoms with Crippen LogP contribution in [0.15, 0.2) is 11.1 Å². The Morgan fingerprint density at radius 2 is 2.07 bits per heavy atom. The highest BCUT2D eigenvalue weighted by molar-refractivity contribution is 5.93. The van der Waals surface area contributed by atoms with Crippen molar-refractivity contribution in [2.24, 2.45) is 0 Å². The van der Waals surface area contributed by atoms with E-state index in [2.05, 4.69) is 12.2 Å². The molecule has 1 aliphatic heterocycles. The Morgan fingerprint density at radius 3 is 2.53 bits per heavy atom. The first-order chi connectivity index (χ1) is 7.16. The second kappa shape index (κ2) is 5.91. The van der Waals surface area contributed by atoms with Gasteiger partial charge in [-0.15, -0.1) is 0 Å². The van der Waals surface area contributed by atoms with Gasteiger partial charge in [0, 0.05) is 32.3 Å². The molecule has 0 spiro atoms. The second-order valence-electron chi connectivity index (χ2n) is 4.27. The van der Waals surface area contributed by atoms with Crippen molar-refractivity contribution in [1.29, 1.82) is 0 Å². The molecule has 3 heteroatoms. The van der Waals surface area contributed by atoms with Crippen LogP contribution in [0.5, 0.6) is 0 Å². The highest BCUT2D eigenvalue weighted by Crippen LogP contribution is 2.11. The van der Waals surface area contributed by atoms with Crippen LogP contribution in [0.1, 0.15) is 33.1 Å². The summed E-state index contributed by atoms with van der Waals surface area (Å²) >= 11 is 0. The predicted molar refractivity (Wildman–Crippen MR) is 62.7 cm³/mol. The van der Waals surface area contributed by atoms with Crippen LogP contribution < -0.4 is 5.32 Å². The fourth-order valence-electron chi connectivity index (χ4n) is 1.65. The molecule has 0 aromatic carbocycles. The number of amides is 1. The second-order valence-corrected chi connectivity index (χ2v) is 4.27. The van der Waals surface area contributed by atoms with Gasteiger partial charge in [0.25, 0.3) is 0 Å². The monoisotopic (exact) mass is 210 g/mol. The Labute approximate surface area is 92.5 Å². The van der Waals surface area contributed by atoms with E-state index in [0.717, 1.165) is 31.6 Å². The van der Waals surface area contributed by atoms with Gasteiger partial charge in [-0.25, -0.2) is 0 Å². The van der Waals surface area contributed by atoms with Crippen LogP contribution in [0, 0.1) is 0 Å². The van der Waals surface area contributed by atoms with Crippen LogP contribution in [-0.2, 0) is 4.79 Å². The van der Waals surface area contributed by atoms with Gasteiger partial charge in [0.1, 0.15) is 0 Å².